The molecule has 3 rings (SSSR count). The number of aromatic nitrogens is 1. The van der Waals surface area contributed by atoms with Crippen LogP contribution in [0.25, 0.3) is 0 Å². The predicted octanol–water partition coefficient (Wildman–Crippen LogP) is -0.687. The third kappa shape index (κ3) is 2.03. The van der Waals surface area contributed by atoms with Crippen molar-refractivity contribution < 1.29 is 24.6 Å². The lowest BCUT2D eigenvalue weighted by molar-refractivity contribution is -0.145. The van der Waals surface area contributed by atoms with Gasteiger partial charge >= 0.3 is 11.9 Å². The Kier molecular flexibility index (Phi) is 3.13. The maximum Gasteiger partial charge on any atom is 0.324 e. The van der Waals surface area contributed by atoms with E-state index in [-0.39, 0.29) is 6.42 Å². The fourth-order valence-electron chi connectivity index (χ4n) is 3.59. The average Bonchev–Trinajstić information content (AvgIpc) is 3.17. The maximum atomic E-state index is 12.1. The molecule has 0 radical (unpaired) electrons. The number of carboxylic acid groups (broad SMARTS) is 2. The Balaban J connectivity index is 1.79. The van der Waals surface area contributed by atoms with Gasteiger partial charge in [-0.25, -0.2) is 0 Å². The van der Waals surface area contributed by atoms with Crippen LogP contribution in [0.3, 0.4) is 0 Å². The first-order valence-corrected chi connectivity index (χ1v) is 6.82. The van der Waals surface area contributed by atoms with Crippen LogP contribution in [0.2, 0.25) is 0 Å². The molecule has 8 heteroatoms. The largest absolute Gasteiger partial charge is 0.481 e. The van der Waals surface area contributed by atoms with Crippen molar-refractivity contribution in [1.29, 1.82) is 0 Å². The number of carbonyl (C=O) groups is 3. The first-order valence-electron chi connectivity index (χ1n) is 6.82. The highest BCUT2D eigenvalue weighted by molar-refractivity contribution is 5.95. The molecule has 2 saturated carbocycles. The number of nitrogens with two attached hydrogens (primary N) is 1. The molecule has 2 fully saturated rings. The Morgan fingerprint density at radius 1 is 1.27 bits per heavy atom. The zero-order chi connectivity index (χ0) is 16.1. The molecule has 1 aromatic heterocycles. The fraction of sp³-hybridized carbons (Fsp3) is 0.429. The Labute approximate surface area is 125 Å². The van der Waals surface area contributed by atoms with Crippen molar-refractivity contribution in [3.8, 4) is 0 Å². The number of aliphatic carboxylic acids is 2. The molecular weight excluding hydrogens is 290 g/mol. The van der Waals surface area contributed by atoms with Gasteiger partial charge in [-0.15, -0.1) is 0 Å². The fourth-order valence-corrected chi connectivity index (χ4v) is 3.59. The van der Waals surface area contributed by atoms with E-state index < -0.39 is 47.2 Å². The predicted molar refractivity (Wildman–Crippen MR) is 72.8 cm³/mol. The van der Waals surface area contributed by atoms with E-state index in [1.54, 1.807) is 0 Å². The molecular formula is C14H15N3O5. The second-order valence-electron chi connectivity index (χ2n) is 5.83. The van der Waals surface area contributed by atoms with Gasteiger partial charge < -0.3 is 21.3 Å². The smallest absolute Gasteiger partial charge is 0.324 e. The number of nitrogens with one attached hydrogen (secondary N) is 1. The molecule has 116 valence electrons. The quantitative estimate of drug-likeness (QED) is 0.576. The lowest BCUT2D eigenvalue weighted by atomic mass is 9.90. The summed E-state index contributed by atoms with van der Waals surface area (Å²) in [5, 5.41) is 21.2. The van der Waals surface area contributed by atoms with Crippen LogP contribution in [-0.2, 0) is 9.59 Å². The van der Waals surface area contributed by atoms with E-state index in [9.17, 15) is 24.6 Å². The topological polar surface area (TPSA) is 143 Å². The van der Waals surface area contributed by atoms with E-state index in [0.717, 1.165) is 0 Å². The van der Waals surface area contributed by atoms with Crippen molar-refractivity contribution >= 4 is 17.8 Å². The van der Waals surface area contributed by atoms with E-state index in [4.69, 9.17) is 5.73 Å². The summed E-state index contributed by atoms with van der Waals surface area (Å²) in [5.74, 6) is -4.61. The minimum Gasteiger partial charge on any atom is -0.481 e. The van der Waals surface area contributed by atoms with E-state index in [1.165, 1.54) is 24.5 Å². The third-order valence-electron chi connectivity index (χ3n) is 4.63. The standard InChI is InChI=1S/C14H15N3O5/c15-14(13(21)22)5-7(8-9(10(8)14)12(19)20)17-11(18)6-1-3-16-4-2-6/h1-4,7-10H,5,15H2,(H,17,18)(H,19,20)(H,21,22). The monoisotopic (exact) mass is 305 g/mol. The molecule has 0 saturated heterocycles. The molecule has 22 heavy (non-hydrogen) atoms. The van der Waals surface area contributed by atoms with Crippen molar-refractivity contribution in [2.75, 3.05) is 0 Å². The maximum absolute atomic E-state index is 12.1. The van der Waals surface area contributed by atoms with E-state index in [0.29, 0.717) is 5.56 Å². The zero-order valence-electron chi connectivity index (χ0n) is 11.5. The summed E-state index contributed by atoms with van der Waals surface area (Å²) in [6.07, 6.45) is 2.96. The van der Waals surface area contributed by atoms with Crippen molar-refractivity contribution in [3.05, 3.63) is 30.1 Å². The van der Waals surface area contributed by atoms with Crippen molar-refractivity contribution in [1.82, 2.24) is 10.3 Å². The van der Waals surface area contributed by atoms with Gasteiger partial charge in [-0.2, -0.15) is 0 Å². The summed E-state index contributed by atoms with van der Waals surface area (Å²) in [4.78, 5) is 38.6. The molecule has 0 aromatic carbocycles. The third-order valence-corrected chi connectivity index (χ3v) is 4.63. The Hall–Kier alpha value is -2.48. The van der Waals surface area contributed by atoms with Gasteiger partial charge in [0.25, 0.3) is 5.91 Å². The summed E-state index contributed by atoms with van der Waals surface area (Å²) < 4.78 is 0. The van der Waals surface area contributed by atoms with Crippen molar-refractivity contribution in [3.63, 3.8) is 0 Å². The normalized spacial score (nSPS) is 35.5. The minimum absolute atomic E-state index is 0.0261. The zero-order valence-corrected chi connectivity index (χ0v) is 11.5. The number of pyridine rings is 1. The van der Waals surface area contributed by atoms with Gasteiger partial charge in [-0.1, -0.05) is 0 Å². The molecule has 5 unspecified atom stereocenters. The summed E-state index contributed by atoms with van der Waals surface area (Å²) in [5.41, 5.74) is 4.67. The molecule has 2 aliphatic rings. The first-order chi connectivity index (χ1) is 10.4. The molecule has 0 spiro atoms. The van der Waals surface area contributed by atoms with E-state index in [1.807, 2.05) is 0 Å². The van der Waals surface area contributed by atoms with Crippen LogP contribution in [0, 0.1) is 17.8 Å². The van der Waals surface area contributed by atoms with Gasteiger partial charge in [0.05, 0.1) is 5.92 Å². The van der Waals surface area contributed by atoms with Gasteiger partial charge in [0.2, 0.25) is 0 Å². The van der Waals surface area contributed by atoms with Crippen LogP contribution in [0.5, 0.6) is 0 Å². The average molecular weight is 305 g/mol. The van der Waals surface area contributed by atoms with Gasteiger partial charge in [0.1, 0.15) is 5.54 Å². The SMILES string of the molecule is NC1(C(=O)O)CC(NC(=O)c2ccncc2)C2C(C(=O)O)C21. The minimum atomic E-state index is -1.61. The highest BCUT2D eigenvalue weighted by atomic mass is 16.4. The molecule has 1 amide bonds. The number of carbonyl (C=O) groups excluding carboxylic acids is 1. The molecule has 5 N–H and O–H groups in total. The molecule has 1 aromatic rings. The lowest BCUT2D eigenvalue weighted by Gasteiger charge is -2.25. The summed E-state index contributed by atoms with van der Waals surface area (Å²) in [6, 6.07) is 2.49. The van der Waals surface area contributed by atoms with Crippen LogP contribution >= 0.6 is 0 Å². The van der Waals surface area contributed by atoms with Crippen LogP contribution in [0.1, 0.15) is 16.8 Å². The lowest BCUT2D eigenvalue weighted by Crippen LogP contribution is -2.52. The molecule has 8 nitrogen and oxygen atoms in total. The highest BCUT2D eigenvalue weighted by Crippen LogP contribution is 2.61. The van der Waals surface area contributed by atoms with E-state index >= 15 is 0 Å². The molecule has 5 atom stereocenters. The van der Waals surface area contributed by atoms with Gasteiger partial charge in [-0.3, -0.25) is 19.4 Å². The highest BCUT2D eigenvalue weighted by Gasteiger charge is 2.74. The number of hydrogen-bond donors (Lipinski definition) is 4. The van der Waals surface area contributed by atoms with Crippen molar-refractivity contribution in [2.24, 2.45) is 23.5 Å². The van der Waals surface area contributed by atoms with Crippen molar-refractivity contribution in [2.45, 2.75) is 18.0 Å². The number of rotatable bonds is 4. The van der Waals surface area contributed by atoms with Crippen LogP contribution in [0.4, 0.5) is 0 Å². The molecule has 2 aliphatic carbocycles. The van der Waals surface area contributed by atoms with Crippen LogP contribution in [-0.4, -0.2) is 44.6 Å². The van der Waals surface area contributed by atoms with E-state index in [2.05, 4.69) is 10.3 Å². The Morgan fingerprint density at radius 3 is 2.45 bits per heavy atom. The van der Waals surface area contributed by atoms with Crippen LogP contribution < -0.4 is 11.1 Å². The summed E-state index contributed by atoms with van der Waals surface area (Å²) in [6.45, 7) is 0. The number of hydrogen-bond acceptors (Lipinski definition) is 5. The first kappa shape index (κ1) is 14.5. The number of fused-ring (bicyclic) bond motifs is 1. The van der Waals surface area contributed by atoms with Crippen LogP contribution in [0.15, 0.2) is 24.5 Å². The molecule has 0 aliphatic heterocycles. The molecule has 1 heterocycles. The second-order valence-corrected chi connectivity index (χ2v) is 5.83. The number of carboxylic acids is 2. The second kappa shape index (κ2) is 4.77. The van der Waals surface area contributed by atoms with Gasteiger partial charge in [0, 0.05) is 29.9 Å². The number of nitrogens with zero attached hydrogens (tertiary/aromatic N) is 1. The Bertz CT molecular complexity index is 649. The Morgan fingerprint density at radius 2 is 1.91 bits per heavy atom. The van der Waals surface area contributed by atoms with Gasteiger partial charge in [0.15, 0.2) is 0 Å². The molecule has 0 bridgehead atoms. The summed E-state index contributed by atoms with van der Waals surface area (Å²) >= 11 is 0. The summed E-state index contributed by atoms with van der Waals surface area (Å²) in [7, 11) is 0. The number of amides is 1. The van der Waals surface area contributed by atoms with Gasteiger partial charge in [-0.05, 0) is 24.5 Å².